The molecule has 0 fully saturated rings. The zero-order valence-electron chi connectivity index (χ0n) is 12.8. The summed E-state index contributed by atoms with van der Waals surface area (Å²) in [5.74, 6) is 0.687. The van der Waals surface area contributed by atoms with Crippen LogP contribution in [0.1, 0.15) is 37.9 Å². The van der Waals surface area contributed by atoms with Gasteiger partial charge in [0.15, 0.2) is 0 Å². The van der Waals surface area contributed by atoms with Crippen molar-refractivity contribution in [2.75, 3.05) is 0 Å². The van der Waals surface area contributed by atoms with E-state index in [0.717, 1.165) is 17.9 Å². The van der Waals surface area contributed by atoms with Crippen LogP contribution in [-0.2, 0) is 6.54 Å². The van der Waals surface area contributed by atoms with Crippen LogP contribution >= 0.6 is 0 Å². The van der Waals surface area contributed by atoms with Crippen LogP contribution in [0.15, 0.2) is 48.5 Å². The Morgan fingerprint density at radius 2 is 1.57 bits per heavy atom. The lowest BCUT2D eigenvalue weighted by molar-refractivity contribution is 0.242. The normalized spacial score (nSPS) is 12.4. The fourth-order valence-corrected chi connectivity index (χ4v) is 2.10. The smallest absolute Gasteiger partial charge is 0.123 e. The molecule has 0 spiro atoms. The van der Waals surface area contributed by atoms with Crippen LogP contribution in [0.25, 0.3) is 0 Å². The average molecular weight is 287 g/mol. The maximum atomic E-state index is 12.9. The molecule has 0 heterocycles. The highest BCUT2D eigenvalue weighted by Gasteiger charge is 2.05. The summed E-state index contributed by atoms with van der Waals surface area (Å²) < 4.78 is 18.5. The minimum atomic E-state index is -0.202. The molecular weight excluding hydrogens is 265 g/mol. The van der Waals surface area contributed by atoms with E-state index >= 15 is 0 Å². The van der Waals surface area contributed by atoms with E-state index in [1.807, 2.05) is 38.1 Å². The van der Waals surface area contributed by atoms with Gasteiger partial charge in [0.25, 0.3) is 0 Å². The zero-order valence-corrected chi connectivity index (χ0v) is 12.8. The van der Waals surface area contributed by atoms with Crippen LogP contribution in [0.4, 0.5) is 4.39 Å². The van der Waals surface area contributed by atoms with Crippen molar-refractivity contribution in [3.63, 3.8) is 0 Å². The van der Waals surface area contributed by atoms with Gasteiger partial charge < -0.3 is 10.1 Å². The number of nitrogens with one attached hydrogen (secondary N) is 1. The monoisotopic (exact) mass is 287 g/mol. The Hall–Kier alpha value is -1.87. The Balaban J connectivity index is 1.88. The van der Waals surface area contributed by atoms with E-state index in [1.54, 1.807) is 0 Å². The first-order valence-electron chi connectivity index (χ1n) is 7.29. The zero-order chi connectivity index (χ0) is 15.2. The van der Waals surface area contributed by atoms with Gasteiger partial charge in [0.2, 0.25) is 0 Å². The van der Waals surface area contributed by atoms with E-state index in [4.69, 9.17) is 4.74 Å². The second-order valence-electron chi connectivity index (χ2n) is 5.46. The number of hydrogen-bond donors (Lipinski definition) is 1. The van der Waals surface area contributed by atoms with E-state index in [-0.39, 0.29) is 18.0 Å². The second kappa shape index (κ2) is 7.23. The van der Waals surface area contributed by atoms with Gasteiger partial charge in [-0.2, -0.15) is 0 Å². The number of rotatable bonds is 6. The Morgan fingerprint density at radius 1 is 0.952 bits per heavy atom. The quantitative estimate of drug-likeness (QED) is 0.846. The molecule has 2 aromatic rings. The van der Waals surface area contributed by atoms with Crippen LogP contribution in [-0.4, -0.2) is 6.10 Å². The molecule has 0 unspecified atom stereocenters. The lowest BCUT2D eigenvalue weighted by Gasteiger charge is -2.15. The highest BCUT2D eigenvalue weighted by Crippen LogP contribution is 2.16. The summed E-state index contributed by atoms with van der Waals surface area (Å²) in [6.45, 7) is 6.86. The van der Waals surface area contributed by atoms with Crippen LogP contribution in [0, 0.1) is 5.82 Å². The van der Waals surface area contributed by atoms with E-state index in [1.165, 1.54) is 17.7 Å². The molecule has 0 radical (unpaired) electrons. The number of hydrogen-bond acceptors (Lipinski definition) is 2. The topological polar surface area (TPSA) is 21.3 Å². The molecule has 1 atom stereocenters. The van der Waals surface area contributed by atoms with Gasteiger partial charge in [0, 0.05) is 12.6 Å². The first-order chi connectivity index (χ1) is 10.0. The Bertz CT molecular complexity index is 548. The maximum Gasteiger partial charge on any atom is 0.123 e. The van der Waals surface area contributed by atoms with Gasteiger partial charge in [-0.3, -0.25) is 0 Å². The summed E-state index contributed by atoms with van der Waals surface area (Å²) in [6, 6.07) is 14.9. The molecule has 0 bridgehead atoms. The summed E-state index contributed by atoms with van der Waals surface area (Å²) in [5.41, 5.74) is 2.27. The SMILES string of the molecule is CC(C)Oc1ccc(CN[C@H](C)c2ccc(F)cc2)cc1. The molecule has 0 saturated heterocycles. The van der Waals surface area contributed by atoms with E-state index in [2.05, 4.69) is 24.4 Å². The molecule has 2 aromatic carbocycles. The van der Waals surface area contributed by atoms with Gasteiger partial charge >= 0.3 is 0 Å². The van der Waals surface area contributed by atoms with Crippen LogP contribution in [0.2, 0.25) is 0 Å². The predicted molar refractivity (Wildman–Crippen MR) is 83.9 cm³/mol. The first-order valence-corrected chi connectivity index (χ1v) is 7.29. The summed E-state index contributed by atoms with van der Waals surface area (Å²) >= 11 is 0. The minimum absolute atomic E-state index is 0.178. The summed E-state index contributed by atoms with van der Waals surface area (Å²) in [7, 11) is 0. The third-order valence-electron chi connectivity index (χ3n) is 3.28. The minimum Gasteiger partial charge on any atom is -0.491 e. The highest BCUT2D eigenvalue weighted by atomic mass is 19.1. The third-order valence-corrected chi connectivity index (χ3v) is 3.28. The summed E-state index contributed by atoms with van der Waals surface area (Å²) in [5, 5.41) is 3.43. The van der Waals surface area contributed by atoms with Crippen LogP contribution in [0.3, 0.4) is 0 Å². The van der Waals surface area contributed by atoms with Gasteiger partial charge in [0.05, 0.1) is 6.10 Å². The fourth-order valence-electron chi connectivity index (χ4n) is 2.10. The van der Waals surface area contributed by atoms with Crippen molar-refractivity contribution < 1.29 is 9.13 Å². The van der Waals surface area contributed by atoms with Gasteiger partial charge in [-0.05, 0) is 56.2 Å². The van der Waals surface area contributed by atoms with Gasteiger partial charge in [-0.1, -0.05) is 24.3 Å². The summed E-state index contributed by atoms with van der Waals surface area (Å²) in [6.07, 6.45) is 0.187. The van der Waals surface area contributed by atoms with Crippen molar-refractivity contribution >= 4 is 0 Å². The Labute approximate surface area is 126 Å². The number of halogens is 1. The lowest BCUT2D eigenvalue weighted by atomic mass is 10.1. The Morgan fingerprint density at radius 3 is 2.14 bits per heavy atom. The highest BCUT2D eigenvalue weighted by molar-refractivity contribution is 5.27. The van der Waals surface area contributed by atoms with E-state index in [0.29, 0.717) is 0 Å². The van der Waals surface area contributed by atoms with Crippen molar-refractivity contribution in [3.05, 3.63) is 65.5 Å². The van der Waals surface area contributed by atoms with Crippen LogP contribution in [0.5, 0.6) is 5.75 Å². The summed E-state index contributed by atoms with van der Waals surface area (Å²) in [4.78, 5) is 0. The lowest BCUT2D eigenvalue weighted by Crippen LogP contribution is -2.18. The number of ether oxygens (including phenoxy) is 1. The molecule has 2 nitrogen and oxygen atoms in total. The molecule has 112 valence electrons. The standard InChI is InChI=1S/C18H22FNO/c1-13(2)21-18-10-4-15(5-11-18)12-20-14(3)16-6-8-17(19)9-7-16/h4-11,13-14,20H,12H2,1-3H3/t14-/m1/s1. The third kappa shape index (κ3) is 4.87. The maximum absolute atomic E-state index is 12.9. The molecule has 0 aromatic heterocycles. The molecule has 0 aliphatic rings. The van der Waals surface area contributed by atoms with E-state index < -0.39 is 0 Å². The first kappa shape index (κ1) is 15.5. The molecule has 0 aliphatic carbocycles. The van der Waals surface area contributed by atoms with Gasteiger partial charge in [-0.25, -0.2) is 4.39 Å². The van der Waals surface area contributed by atoms with Gasteiger partial charge in [-0.15, -0.1) is 0 Å². The number of benzene rings is 2. The molecule has 21 heavy (non-hydrogen) atoms. The van der Waals surface area contributed by atoms with Crippen molar-refractivity contribution in [3.8, 4) is 5.75 Å². The molecule has 0 saturated carbocycles. The molecular formula is C18H22FNO. The fraction of sp³-hybridized carbons (Fsp3) is 0.333. The van der Waals surface area contributed by atoms with Crippen molar-refractivity contribution in [2.45, 2.75) is 39.5 Å². The Kier molecular flexibility index (Phi) is 5.34. The average Bonchev–Trinajstić information content (AvgIpc) is 2.46. The molecule has 2 rings (SSSR count). The predicted octanol–water partition coefficient (Wildman–Crippen LogP) is 4.46. The molecule has 0 aliphatic heterocycles. The van der Waals surface area contributed by atoms with Gasteiger partial charge in [0.1, 0.15) is 11.6 Å². The van der Waals surface area contributed by atoms with Crippen LogP contribution < -0.4 is 10.1 Å². The van der Waals surface area contributed by atoms with Crippen molar-refractivity contribution in [2.24, 2.45) is 0 Å². The molecule has 0 amide bonds. The van der Waals surface area contributed by atoms with Crippen molar-refractivity contribution in [1.82, 2.24) is 5.32 Å². The van der Waals surface area contributed by atoms with Crippen molar-refractivity contribution in [1.29, 1.82) is 0 Å². The second-order valence-corrected chi connectivity index (χ2v) is 5.46. The molecule has 1 N–H and O–H groups in total. The largest absolute Gasteiger partial charge is 0.491 e. The van der Waals surface area contributed by atoms with E-state index in [9.17, 15) is 4.39 Å². The molecule has 3 heteroatoms.